The van der Waals surface area contributed by atoms with E-state index in [4.69, 9.17) is 21.5 Å². The summed E-state index contributed by atoms with van der Waals surface area (Å²) in [4.78, 5) is 25.2. The maximum Gasteiger partial charge on any atom is 0.490 e. The number of amides is 1. The fourth-order valence-corrected chi connectivity index (χ4v) is 6.16. The van der Waals surface area contributed by atoms with Crippen LogP contribution in [0.5, 0.6) is 0 Å². The van der Waals surface area contributed by atoms with E-state index < -0.39 is 22.2 Å². The summed E-state index contributed by atoms with van der Waals surface area (Å²) in [5.74, 6) is -2.24. The summed E-state index contributed by atoms with van der Waals surface area (Å²) in [6.07, 6.45) is -1.43. The molecule has 2 aliphatic rings. The molecule has 0 spiro atoms. The highest BCUT2D eigenvalue weighted by Gasteiger charge is 2.38. The SMILES string of the molecule is CN1CCCC(CNS(=O)(=O)c2ccc(NCc3ccccc3CN3CCCC3=O)c(Cl)c2)C1.O=C(O)C(F)(F)F. The van der Waals surface area contributed by atoms with Crippen LogP contribution in [0.25, 0.3) is 0 Å². The number of carboxylic acid groups (broad SMARTS) is 1. The molecule has 1 unspecified atom stereocenters. The van der Waals surface area contributed by atoms with Gasteiger partial charge in [0.25, 0.3) is 0 Å². The number of anilines is 1. The van der Waals surface area contributed by atoms with Crippen molar-refractivity contribution in [2.45, 2.75) is 49.8 Å². The van der Waals surface area contributed by atoms with Gasteiger partial charge in [0.05, 0.1) is 15.6 Å². The van der Waals surface area contributed by atoms with E-state index >= 15 is 0 Å². The van der Waals surface area contributed by atoms with Crippen LogP contribution in [0.4, 0.5) is 18.9 Å². The second kappa shape index (κ2) is 14.3. The predicted octanol–water partition coefficient (Wildman–Crippen LogP) is 4.33. The zero-order valence-electron chi connectivity index (χ0n) is 22.6. The van der Waals surface area contributed by atoms with E-state index in [0.29, 0.717) is 42.7 Å². The van der Waals surface area contributed by atoms with Gasteiger partial charge in [0.2, 0.25) is 15.9 Å². The van der Waals surface area contributed by atoms with Crippen molar-refractivity contribution < 1.29 is 36.3 Å². The van der Waals surface area contributed by atoms with Gasteiger partial charge in [0.1, 0.15) is 0 Å². The van der Waals surface area contributed by atoms with Gasteiger partial charge in [0.15, 0.2) is 0 Å². The molecule has 41 heavy (non-hydrogen) atoms. The summed E-state index contributed by atoms with van der Waals surface area (Å²) in [5, 5.41) is 10.8. The molecule has 2 fully saturated rings. The third kappa shape index (κ3) is 9.87. The number of benzene rings is 2. The van der Waals surface area contributed by atoms with Crippen molar-refractivity contribution in [1.82, 2.24) is 14.5 Å². The largest absolute Gasteiger partial charge is 0.490 e. The van der Waals surface area contributed by atoms with E-state index in [1.54, 1.807) is 12.1 Å². The van der Waals surface area contributed by atoms with Gasteiger partial charge in [-0.15, -0.1) is 0 Å². The van der Waals surface area contributed by atoms with Crippen LogP contribution in [0.1, 0.15) is 36.8 Å². The van der Waals surface area contributed by atoms with Gasteiger partial charge in [-0.3, -0.25) is 4.79 Å². The molecule has 2 heterocycles. The van der Waals surface area contributed by atoms with Crippen LogP contribution in [0.15, 0.2) is 47.4 Å². The van der Waals surface area contributed by atoms with E-state index in [2.05, 4.69) is 22.0 Å². The van der Waals surface area contributed by atoms with E-state index in [1.165, 1.54) is 6.07 Å². The summed E-state index contributed by atoms with van der Waals surface area (Å²) in [6.45, 7) is 4.32. The predicted molar refractivity (Wildman–Crippen MR) is 149 cm³/mol. The summed E-state index contributed by atoms with van der Waals surface area (Å²) in [6, 6.07) is 12.8. The quantitative estimate of drug-likeness (QED) is 0.383. The molecule has 2 aromatic rings. The lowest BCUT2D eigenvalue weighted by Crippen LogP contribution is -2.39. The summed E-state index contributed by atoms with van der Waals surface area (Å²) >= 11 is 6.45. The molecular formula is C27H34ClF3N4O5S. The molecule has 2 saturated heterocycles. The number of alkyl halides is 3. The van der Waals surface area contributed by atoms with Crippen molar-refractivity contribution in [1.29, 1.82) is 0 Å². The third-order valence-corrected chi connectivity index (χ3v) is 8.63. The van der Waals surface area contributed by atoms with Crippen molar-refractivity contribution in [2.24, 2.45) is 5.92 Å². The second-order valence-corrected chi connectivity index (χ2v) is 12.3. The first-order valence-corrected chi connectivity index (χ1v) is 15.0. The lowest BCUT2D eigenvalue weighted by atomic mass is 9.99. The number of halogens is 4. The Morgan fingerprint density at radius 1 is 1.12 bits per heavy atom. The van der Waals surface area contributed by atoms with Crippen LogP contribution in [0, 0.1) is 5.92 Å². The van der Waals surface area contributed by atoms with Crippen LogP contribution < -0.4 is 10.0 Å². The number of rotatable bonds is 9. The second-order valence-electron chi connectivity index (χ2n) is 10.1. The zero-order chi connectivity index (χ0) is 30.2. The Morgan fingerprint density at radius 2 is 1.80 bits per heavy atom. The molecule has 14 heteroatoms. The topological polar surface area (TPSA) is 119 Å². The molecule has 2 aromatic carbocycles. The average Bonchev–Trinajstić information content (AvgIpc) is 3.31. The van der Waals surface area contributed by atoms with Gasteiger partial charge >= 0.3 is 12.1 Å². The minimum Gasteiger partial charge on any atom is -0.475 e. The number of carboxylic acids is 1. The van der Waals surface area contributed by atoms with Gasteiger partial charge in [-0.05, 0) is 68.1 Å². The number of nitrogens with one attached hydrogen (secondary N) is 2. The molecule has 0 saturated carbocycles. The smallest absolute Gasteiger partial charge is 0.475 e. The van der Waals surface area contributed by atoms with Crippen LogP contribution in [0.2, 0.25) is 5.02 Å². The number of carbonyl (C=O) groups is 2. The van der Waals surface area contributed by atoms with Gasteiger partial charge in [-0.2, -0.15) is 13.2 Å². The highest BCUT2D eigenvalue weighted by Crippen LogP contribution is 2.27. The Bertz CT molecular complexity index is 1330. The maximum atomic E-state index is 12.8. The third-order valence-electron chi connectivity index (χ3n) is 6.90. The van der Waals surface area contributed by atoms with Crippen LogP contribution >= 0.6 is 11.6 Å². The molecular weight excluding hydrogens is 585 g/mol. The molecule has 2 aliphatic heterocycles. The van der Waals surface area contributed by atoms with Crippen LogP contribution in [-0.4, -0.2) is 74.6 Å². The molecule has 0 aromatic heterocycles. The number of aliphatic carboxylic acids is 1. The van der Waals surface area contributed by atoms with E-state index in [0.717, 1.165) is 50.0 Å². The number of carbonyl (C=O) groups excluding carboxylic acids is 1. The number of hydrogen-bond donors (Lipinski definition) is 3. The molecule has 0 aliphatic carbocycles. The first-order valence-electron chi connectivity index (χ1n) is 13.1. The first kappa shape index (κ1) is 32.6. The van der Waals surface area contributed by atoms with Crippen molar-refractivity contribution in [3.63, 3.8) is 0 Å². The van der Waals surface area contributed by atoms with Gasteiger partial charge in [-0.1, -0.05) is 35.9 Å². The van der Waals surface area contributed by atoms with Gasteiger partial charge < -0.3 is 20.2 Å². The monoisotopic (exact) mass is 618 g/mol. The van der Waals surface area contributed by atoms with E-state index in [1.807, 2.05) is 29.2 Å². The van der Waals surface area contributed by atoms with Gasteiger partial charge in [-0.25, -0.2) is 17.9 Å². The highest BCUT2D eigenvalue weighted by molar-refractivity contribution is 7.89. The molecule has 3 N–H and O–H groups in total. The van der Waals surface area contributed by atoms with E-state index in [-0.39, 0.29) is 10.8 Å². The molecule has 1 amide bonds. The fourth-order valence-electron chi connectivity index (χ4n) is 4.71. The number of likely N-dealkylation sites (tertiary alicyclic amines) is 2. The molecule has 4 rings (SSSR count). The molecule has 0 bridgehead atoms. The summed E-state index contributed by atoms with van der Waals surface area (Å²) in [5.41, 5.74) is 2.84. The summed E-state index contributed by atoms with van der Waals surface area (Å²) < 4.78 is 60.1. The number of sulfonamides is 1. The Kier molecular flexibility index (Phi) is 11.4. The molecule has 9 nitrogen and oxygen atoms in total. The highest BCUT2D eigenvalue weighted by atomic mass is 35.5. The Morgan fingerprint density at radius 3 is 2.39 bits per heavy atom. The van der Waals surface area contributed by atoms with Gasteiger partial charge in [0, 0.05) is 39.1 Å². The first-order chi connectivity index (χ1) is 19.3. The minimum absolute atomic E-state index is 0.167. The van der Waals surface area contributed by atoms with Crippen molar-refractivity contribution in [3.05, 3.63) is 58.6 Å². The van der Waals surface area contributed by atoms with Crippen molar-refractivity contribution >= 4 is 39.2 Å². The fraction of sp³-hybridized carbons (Fsp3) is 0.481. The average molecular weight is 619 g/mol. The molecule has 226 valence electrons. The Labute approximate surface area is 242 Å². The van der Waals surface area contributed by atoms with Crippen LogP contribution in [0.3, 0.4) is 0 Å². The molecule has 1 atom stereocenters. The zero-order valence-corrected chi connectivity index (χ0v) is 24.2. The standard InChI is InChI=1S/C25H33ClN4O3S.C2HF3O2/c1-29-12-4-6-19(17-29)15-28-34(32,33)22-10-11-24(23(26)14-22)27-16-20-7-2-3-8-21(20)18-30-13-5-9-25(30)31;3-2(4,5)1(6)7/h2-3,7-8,10-11,14,19,27-28H,4-6,9,12-13,15-18H2,1H3;(H,6,7). The van der Waals surface area contributed by atoms with Crippen molar-refractivity contribution in [2.75, 3.05) is 38.5 Å². The van der Waals surface area contributed by atoms with E-state index in [9.17, 15) is 26.4 Å². The molecule has 0 radical (unpaired) electrons. The number of piperidine rings is 1. The normalized spacial score (nSPS) is 18.1. The van der Waals surface area contributed by atoms with Crippen LogP contribution in [-0.2, 0) is 32.7 Å². The van der Waals surface area contributed by atoms with Crippen molar-refractivity contribution in [3.8, 4) is 0 Å². The maximum absolute atomic E-state index is 12.8. The number of hydrogen-bond acceptors (Lipinski definition) is 6. The minimum atomic E-state index is -5.08. The number of nitrogens with zero attached hydrogens (tertiary/aromatic N) is 2. The Balaban J connectivity index is 0.000000587. The lowest BCUT2D eigenvalue weighted by Gasteiger charge is -2.29. The summed E-state index contributed by atoms with van der Waals surface area (Å²) in [7, 11) is -1.56. The Hall–Kier alpha value is -2.87. The lowest BCUT2D eigenvalue weighted by molar-refractivity contribution is -0.192.